The summed E-state index contributed by atoms with van der Waals surface area (Å²) in [5.74, 6) is 2.72. The third-order valence-corrected chi connectivity index (χ3v) is 3.57. The van der Waals surface area contributed by atoms with Crippen LogP contribution in [0.15, 0.2) is 0 Å². The van der Waals surface area contributed by atoms with E-state index in [4.69, 9.17) is 0 Å². The maximum atomic E-state index is 9.22. The van der Waals surface area contributed by atoms with Crippen molar-refractivity contribution in [3.8, 4) is 0 Å². The van der Waals surface area contributed by atoms with Crippen LogP contribution in [0.4, 0.5) is 0 Å². The Hall–Kier alpha value is 0.220. The molecule has 0 unspecified atom stereocenters. The molecule has 0 N–H and O–H groups in total. The van der Waals surface area contributed by atoms with Gasteiger partial charge in [0.1, 0.15) is 11.5 Å². The van der Waals surface area contributed by atoms with Gasteiger partial charge in [0.15, 0.2) is 0 Å². The molecule has 0 rings (SSSR count). The van der Waals surface area contributed by atoms with Gasteiger partial charge in [0, 0.05) is 0 Å². The van der Waals surface area contributed by atoms with Crippen LogP contribution in [0.1, 0.15) is 13.8 Å². The highest BCUT2D eigenvalue weighted by atomic mass is 32.3. The first-order valence-electron chi connectivity index (χ1n) is 3.47. The number of rotatable bonds is 3. The Kier molecular flexibility index (Phi) is 9.63. The van der Waals surface area contributed by atoms with Crippen molar-refractivity contribution in [2.24, 2.45) is 0 Å². The zero-order chi connectivity index (χ0) is 10.2. The van der Waals surface area contributed by atoms with Crippen LogP contribution in [0.2, 0.25) is 0 Å². The molecule has 0 radical (unpaired) electrons. The number of hydrogen-bond donors (Lipinski definition) is 0. The molecular formula is C6H16O4S2. The fourth-order valence-electron chi connectivity index (χ4n) is 0.204. The Morgan fingerprint density at radius 1 is 1.33 bits per heavy atom. The molecule has 12 heavy (non-hydrogen) atoms. The second-order valence-electron chi connectivity index (χ2n) is 1.93. The monoisotopic (exact) mass is 216 g/mol. The second kappa shape index (κ2) is 7.85. The lowest BCUT2D eigenvalue weighted by molar-refractivity contribution is 0.314. The van der Waals surface area contributed by atoms with Gasteiger partial charge in [0.25, 0.3) is 0 Å². The molecule has 0 amide bonds. The predicted octanol–water partition coefficient (Wildman–Crippen LogP) is 0.367. The van der Waals surface area contributed by atoms with Gasteiger partial charge in [-0.15, -0.1) is 0 Å². The predicted molar refractivity (Wildman–Crippen MR) is 51.1 cm³/mol. The molecule has 0 fully saturated rings. The largest absolute Gasteiger partial charge is 0.726 e. The van der Waals surface area contributed by atoms with Gasteiger partial charge in [0.2, 0.25) is 10.4 Å². The van der Waals surface area contributed by atoms with Crippen molar-refractivity contribution >= 4 is 21.3 Å². The van der Waals surface area contributed by atoms with Crippen LogP contribution in [0.3, 0.4) is 0 Å². The van der Waals surface area contributed by atoms with Gasteiger partial charge in [0.05, 0.1) is 13.4 Å². The van der Waals surface area contributed by atoms with Crippen LogP contribution in [0.25, 0.3) is 0 Å². The molecule has 76 valence electrons. The summed E-state index contributed by atoms with van der Waals surface area (Å²) in [5.41, 5.74) is 0. The smallest absolute Gasteiger partial charge is 0.217 e. The topological polar surface area (TPSA) is 66.4 Å². The van der Waals surface area contributed by atoms with Crippen molar-refractivity contribution in [3.63, 3.8) is 0 Å². The van der Waals surface area contributed by atoms with E-state index in [0.29, 0.717) is 10.9 Å². The fourth-order valence-corrected chi connectivity index (χ4v) is 0.612. The van der Waals surface area contributed by atoms with E-state index in [9.17, 15) is 13.0 Å². The molecule has 0 aromatic heterocycles. The third kappa shape index (κ3) is 16.7. The van der Waals surface area contributed by atoms with E-state index in [1.807, 2.05) is 0 Å². The molecule has 0 aliphatic heterocycles. The molecule has 0 atom stereocenters. The highest BCUT2D eigenvalue weighted by molar-refractivity contribution is 7.96. The normalized spacial score (nSPS) is 10.8. The third-order valence-electron chi connectivity index (χ3n) is 1.19. The Labute approximate surface area is 77.6 Å². The fraction of sp³-hybridized carbons (Fsp3) is 1.00. The quantitative estimate of drug-likeness (QED) is 0.388. The summed E-state index contributed by atoms with van der Waals surface area (Å²) >= 11 is 0. The Morgan fingerprint density at radius 2 is 1.58 bits per heavy atom. The zero-order valence-corrected chi connectivity index (χ0v) is 9.50. The molecule has 0 saturated heterocycles. The van der Waals surface area contributed by atoms with Crippen LogP contribution >= 0.6 is 0 Å². The van der Waals surface area contributed by atoms with Crippen LogP contribution in [-0.2, 0) is 25.5 Å². The van der Waals surface area contributed by atoms with Crippen LogP contribution < -0.4 is 0 Å². The van der Waals surface area contributed by atoms with Crippen LogP contribution in [0, 0.1) is 0 Å². The molecule has 0 aliphatic rings. The first-order valence-corrected chi connectivity index (χ1v) is 6.78. The van der Waals surface area contributed by atoms with Crippen molar-refractivity contribution in [1.29, 1.82) is 0 Å². The number of hydrogen-bond acceptors (Lipinski definition) is 4. The first-order chi connectivity index (χ1) is 5.37. The molecule has 0 bridgehead atoms. The van der Waals surface area contributed by atoms with E-state index < -0.39 is 10.4 Å². The van der Waals surface area contributed by atoms with Crippen molar-refractivity contribution in [1.82, 2.24) is 0 Å². The molecule has 0 saturated carbocycles. The Balaban J connectivity index is 0. The van der Waals surface area contributed by atoms with Crippen molar-refractivity contribution in [3.05, 3.63) is 0 Å². The standard InChI is InChI=1S/C5H13S.CH4O4S/c1-4-6(3)5-2;1-5-6(2,3)4/h4-5H2,1-3H3;1H3,(H,2,3,4)/q+1;/p-1. The van der Waals surface area contributed by atoms with Crippen LogP contribution in [0.5, 0.6) is 0 Å². The maximum absolute atomic E-state index is 9.22. The van der Waals surface area contributed by atoms with Crippen LogP contribution in [-0.4, -0.2) is 37.8 Å². The van der Waals surface area contributed by atoms with Gasteiger partial charge in [-0.25, -0.2) is 8.42 Å². The van der Waals surface area contributed by atoms with Gasteiger partial charge in [-0.2, -0.15) is 0 Å². The minimum Gasteiger partial charge on any atom is -0.726 e. The summed E-state index contributed by atoms with van der Waals surface area (Å²) in [7, 11) is -2.89. The molecular weight excluding hydrogens is 200 g/mol. The summed E-state index contributed by atoms with van der Waals surface area (Å²) in [6.07, 6.45) is 2.31. The van der Waals surface area contributed by atoms with E-state index in [-0.39, 0.29) is 0 Å². The molecule has 0 aromatic carbocycles. The van der Waals surface area contributed by atoms with Crippen molar-refractivity contribution in [2.45, 2.75) is 13.8 Å². The molecule has 0 aliphatic carbocycles. The van der Waals surface area contributed by atoms with E-state index >= 15 is 0 Å². The Bertz CT molecular complexity index is 172. The van der Waals surface area contributed by atoms with Crippen molar-refractivity contribution < 1.29 is 17.2 Å². The summed E-state index contributed by atoms with van der Waals surface area (Å²) < 4.78 is 31.0. The molecule has 0 spiro atoms. The average Bonchev–Trinajstić information content (AvgIpc) is 2.03. The van der Waals surface area contributed by atoms with E-state index in [1.165, 1.54) is 11.5 Å². The van der Waals surface area contributed by atoms with Gasteiger partial charge in [-0.05, 0) is 24.7 Å². The van der Waals surface area contributed by atoms with Gasteiger partial charge >= 0.3 is 0 Å². The first kappa shape index (κ1) is 14.7. The van der Waals surface area contributed by atoms with Gasteiger partial charge in [-0.3, -0.25) is 4.18 Å². The minimum absolute atomic E-state index is 0.716. The second-order valence-corrected chi connectivity index (χ2v) is 5.80. The zero-order valence-electron chi connectivity index (χ0n) is 7.86. The summed E-state index contributed by atoms with van der Waals surface area (Å²) in [6, 6.07) is 0. The summed E-state index contributed by atoms with van der Waals surface area (Å²) in [4.78, 5) is 0. The highest BCUT2D eigenvalue weighted by Gasteiger charge is 1.98. The van der Waals surface area contributed by atoms with E-state index in [2.05, 4.69) is 24.3 Å². The molecule has 0 heterocycles. The lowest BCUT2D eigenvalue weighted by atomic mass is 11.0. The Morgan fingerprint density at radius 3 is 1.58 bits per heavy atom. The molecule has 4 nitrogen and oxygen atoms in total. The van der Waals surface area contributed by atoms with Gasteiger partial charge in [-0.1, -0.05) is 0 Å². The summed E-state index contributed by atoms with van der Waals surface area (Å²) in [5, 5.41) is 0. The lowest BCUT2D eigenvalue weighted by Gasteiger charge is -1.98. The van der Waals surface area contributed by atoms with E-state index in [0.717, 1.165) is 7.11 Å². The highest BCUT2D eigenvalue weighted by Crippen LogP contribution is 1.85. The minimum atomic E-state index is -4.41. The SMILES string of the molecule is CC[S+](C)CC.COS(=O)(=O)[O-]. The summed E-state index contributed by atoms with van der Waals surface area (Å²) in [6.45, 7) is 4.49. The van der Waals surface area contributed by atoms with Crippen molar-refractivity contribution in [2.75, 3.05) is 24.9 Å². The lowest BCUT2D eigenvalue weighted by Crippen LogP contribution is -2.02. The van der Waals surface area contributed by atoms with Gasteiger partial charge < -0.3 is 4.55 Å². The molecule has 6 heteroatoms. The average molecular weight is 216 g/mol. The van der Waals surface area contributed by atoms with E-state index in [1.54, 1.807) is 0 Å². The maximum Gasteiger partial charge on any atom is 0.217 e. The molecule has 0 aromatic rings.